The summed E-state index contributed by atoms with van der Waals surface area (Å²) in [6.07, 6.45) is 5.40. The predicted octanol–water partition coefficient (Wildman–Crippen LogP) is 10.7. The number of ether oxygens (including phenoxy) is 4. The van der Waals surface area contributed by atoms with Crippen LogP contribution in [0.15, 0.2) is 73.3 Å². The molecule has 0 aromatic heterocycles. The number of hydrogen-bond donors (Lipinski definition) is 1. The van der Waals surface area contributed by atoms with E-state index in [2.05, 4.69) is 110 Å². The average Bonchev–Trinajstić information content (AvgIpc) is 3.12. The Bertz CT molecular complexity index is 1490. The monoisotopic (exact) mass is 796 g/mol. The summed E-state index contributed by atoms with van der Waals surface area (Å²) in [4.78, 5) is 0. The summed E-state index contributed by atoms with van der Waals surface area (Å²) in [5, 5.41) is 12.2. The van der Waals surface area contributed by atoms with Gasteiger partial charge in [-0.25, -0.2) is 0 Å². The molecule has 0 aliphatic heterocycles. The molecule has 10 heteroatoms. The standard InChI is InChI=1S/C44H72O7Si3/c1-15-22-38(51-54(16-2,17-3)18-4)27-29-44(8,45)42(49-35-48-33-37-25-26-40(46-9)41(31-37)47-10)32-39(50-53(13,14)43(5,6)7)28-30-52(11,12)34-36-23-20-19-21-24-36/h15,19-21,23-27,29,31,38-39,42,45H,1,16-18,22,32-35H2,2-14H3/b29-27+/t38-,39+,42-,44-/m1/s1. The molecule has 0 spiro atoms. The molecule has 2 aromatic rings. The maximum absolute atomic E-state index is 12.3. The zero-order valence-electron chi connectivity index (χ0n) is 35.8. The summed E-state index contributed by atoms with van der Waals surface area (Å²) >= 11 is 0. The van der Waals surface area contributed by atoms with Gasteiger partial charge in [-0.1, -0.05) is 115 Å². The van der Waals surface area contributed by atoms with E-state index in [9.17, 15) is 5.11 Å². The summed E-state index contributed by atoms with van der Waals surface area (Å²) < 4.78 is 37.3. The lowest BCUT2D eigenvalue weighted by Gasteiger charge is -2.40. The highest BCUT2D eigenvalue weighted by Crippen LogP contribution is 2.38. The van der Waals surface area contributed by atoms with Gasteiger partial charge in [0.2, 0.25) is 0 Å². The topological polar surface area (TPSA) is 75.6 Å². The highest BCUT2D eigenvalue weighted by atomic mass is 28.4. The molecule has 0 aliphatic carbocycles. The Balaban J connectivity index is 2.51. The average molecular weight is 797 g/mol. The van der Waals surface area contributed by atoms with Crippen LogP contribution in [0.2, 0.25) is 49.4 Å². The van der Waals surface area contributed by atoms with E-state index in [1.165, 1.54) is 5.56 Å². The first-order valence-electron chi connectivity index (χ1n) is 19.6. The molecule has 0 heterocycles. The van der Waals surface area contributed by atoms with Gasteiger partial charge in [-0.15, -0.1) is 12.1 Å². The number of hydrogen-bond acceptors (Lipinski definition) is 7. The lowest BCUT2D eigenvalue weighted by molar-refractivity contribution is -0.152. The Hall–Kier alpha value is -2.47. The molecule has 4 atom stereocenters. The van der Waals surface area contributed by atoms with Crippen LogP contribution in [-0.4, -0.2) is 74.7 Å². The van der Waals surface area contributed by atoms with E-state index in [-0.39, 0.29) is 17.9 Å². The minimum Gasteiger partial charge on any atom is -0.493 e. The van der Waals surface area contributed by atoms with Gasteiger partial charge in [-0.05, 0) is 78.9 Å². The largest absolute Gasteiger partial charge is 0.493 e. The molecule has 2 rings (SSSR count). The van der Waals surface area contributed by atoms with Crippen LogP contribution in [0.1, 0.15) is 72.4 Å². The molecule has 0 fully saturated rings. The summed E-state index contributed by atoms with van der Waals surface area (Å²) in [5.41, 5.74) is 4.53. The van der Waals surface area contributed by atoms with Crippen LogP contribution >= 0.6 is 0 Å². The highest BCUT2D eigenvalue weighted by molar-refractivity contribution is 6.84. The fourth-order valence-corrected chi connectivity index (χ4v) is 12.0. The van der Waals surface area contributed by atoms with Crippen molar-refractivity contribution in [1.82, 2.24) is 0 Å². The predicted molar refractivity (Wildman–Crippen MR) is 233 cm³/mol. The van der Waals surface area contributed by atoms with Crippen molar-refractivity contribution in [2.24, 2.45) is 0 Å². The molecule has 1 N–H and O–H groups in total. The molecule has 0 bridgehead atoms. The fourth-order valence-electron chi connectivity index (χ4n) is 6.09. The second kappa shape index (κ2) is 21.7. The van der Waals surface area contributed by atoms with Crippen molar-refractivity contribution in [3.8, 4) is 23.0 Å². The Morgan fingerprint density at radius 3 is 2.04 bits per heavy atom. The number of rotatable bonds is 23. The van der Waals surface area contributed by atoms with Crippen LogP contribution in [0, 0.1) is 11.5 Å². The number of aliphatic hydroxyl groups is 1. The van der Waals surface area contributed by atoms with Gasteiger partial charge in [0.05, 0.1) is 33.0 Å². The number of benzene rings is 2. The van der Waals surface area contributed by atoms with Crippen molar-refractivity contribution < 1.29 is 32.9 Å². The smallest absolute Gasteiger partial charge is 0.193 e. The molecule has 2 aromatic carbocycles. The minimum atomic E-state index is -2.27. The quantitative estimate of drug-likeness (QED) is 0.0395. The van der Waals surface area contributed by atoms with Gasteiger partial charge < -0.3 is 32.9 Å². The van der Waals surface area contributed by atoms with Gasteiger partial charge in [0, 0.05) is 6.42 Å². The van der Waals surface area contributed by atoms with Crippen LogP contribution < -0.4 is 9.47 Å². The molecule has 0 amide bonds. The Morgan fingerprint density at radius 2 is 1.48 bits per heavy atom. The van der Waals surface area contributed by atoms with E-state index in [0.717, 1.165) is 29.7 Å². The lowest BCUT2D eigenvalue weighted by Crippen LogP contribution is -2.47. The third-order valence-corrected chi connectivity index (χ3v) is 22.1. The third-order valence-electron chi connectivity index (χ3n) is 10.8. The maximum Gasteiger partial charge on any atom is 0.193 e. The lowest BCUT2D eigenvalue weighted by atomic mass is 9.93. The van der Waals surface area contributed by atoms with E-state index in [4.69, 9.17) is 27.8 Å². The highest BCUT2D eigenvalue weighted by Gasteiger charge is 2.41. The van der Waals surface area contributed by atoms with Crippen molar-refractivity contribution in [3.05, 3.63) is 84.5 Å². The molecular weight excluding hydrogens is 725 g/mol. The van der Waals surface area contributed by atoms with E-state index in [0.29, 0.717) is 30.9 Å². The zero-order valence-corrected chi connectivity index (χ0v) is 38.8. The molecule has 7 nitrogen and oxygen atoms in total. The SMILES string of the molecule is C=CC[C@H](/C=C/[C@@](C)(O)[C@@H](C[C@H](C#C[Si](C)(C)Cc1ccccc1)O[Si](C)(C)C(C)(C)C)OCOCc1ccc(OC)c(OC)c1)O[Si](CC)(CC)CC. The molecule has 0 aliphatic rings. The van der Waals surface area contributed by atoms with Crippen molar-refractivity contribution >= 4 is 24.7 Å². The van der Waals surface area contributed by atoms with Crippen molar-refractivity contribution in [2.45, 2.75) is 147 Å². The second-order valence-corrected chi connectivity index (χ2v) is 30.6. The van der Waals surface area contributed by atoms with Crippen LogP contribution in [0.5, 0.6) is 11.5 Å². The van der Waals surface area contributed by atoms with Crippen LogP contribution in [-0.2, 0) is 31.0 Å². The van der Waals surface area contributed by atoms with Gasteiger partial charge >= 0.3 is 0 Å². The zero-order chi connectivity index (χ0) is 40.6. The van der Waals surface area contributed by atoms with Crippen LogP contribution in [0.4, 0.5) is 0 Å². The second-order valence-electron chi connectivity index (χ2n) is 16.7. The maximum atomic E-state index is 12.3. The van der Waals surface area contributed by atoms with E-state index in [1.54, 1.807) is 21.1 Å². The van der Waals surface area contributed by atoms with Gasteiger partial charge in [0.15, 0.2) is 28.1 Å². The first-order valence-corrected chi connectivity index (χ1v) is 28.3. The first-order chi connectivity index (χ1) is 25.3. The Labute approximate surface area is 332 Å². The van der Waals surface area contributed by atoms with E-state index >= 15 is 0 Å². The molecular formula is C44H72O7Si3. The third kappa shape index (κ3) is 15.2. The summed E-state index contributed by atoms with van der Waals surface area (Å²) in [6.45, 7) is 28.5. The molecule has 302 valence electrons. The van der Waals surface area contributed by atoms with Gasteiger partial charge in [0.25, 0.3) is 0 Å². The summed E-state index contributed by atoms with van der Waals surface area (Å²) in [6, 6.07) is 20.3. The van der Waals surface area contributed by atoms with Crippen molar-refractivity contribution in [2.75, 3.05) is 21.0 Å². The first kappa shape index (κ1) is 47.7. The van der Waals surface area contributed by atoms with Gasteiger partial charge in [-0.3, -0.25) is 0 Å². The molecule has 0 unspecified atom stereocenters. The Morgan fingerprint density at radius 1 is 0.852 bits per heavy atom. The summed E-state index contributed by atoms with van der Waals surface area (Å²) in [5.74, 6) is 4.88. The molecule has 0 radical (unpaired) electrons. The molecule has 0 saturated carbocycles. The van der Waals surface area contributed by atoms with Crippen molar-refractivity contribution in [3.63, 3.8) is 0 Å². The minimum absolute atomic E-state index is 0.0330. The Kier molecular flexibility index (Phi) is 19.2. The van der Waals surface area contributed by atoms with Crippen LogP contribution in [0.25, 0.3) is 0 Å². The molecule has 54 heavy (non-hydrogen) atoms. The van der Waals surface area contributed by atoms with Gasteiger partial charge in [-0.2, -0.15) is 0 Å². The van der Waals surface area contributed by atoms with Crippen LogP contribution in [0.3, 0.4) is 0 Å². The normalized spacial score (nSPS) is 15.5. The number of methoxy groups -OCH3 is 2. The fraction of sp³-hybridized carbons (Fsp3) is 0.591. The van der Waals surface area contributed by atoms with E-state index < -0.39 is 42.5 Å². The van der Waals surface area contributed by atoms with Crippen molar-refractivity contribution in [1.29, 1.82) is 0 Å². The summed E-state index contributed by atoms with van der Waals surface area (Å²) in [7, 11) is -2.96. The molecule has 0 saturated heterocycles. The van der Waals surface area contributed by atoms with Gasteiger partial charge in [0.1, 0.15) is 26.6 Å². The van der Waals surface area contributed by atoms with E-state index in [1.807, 2.05) is 42.5 Å².